The van der Waals surface area contributed by atoms with Crippen LogP contribution in [0.2, 0.25) is 0 Å². The summed E-state index contributed by atoms with van der Waals surface area (Å²) in [6, 6.07) is 5.43. The van der Waals surface area contributed by atoms with E-state index in [2.05, 4.69) is 31.6 Å². The first-order valence-corrected chi connectivity index (χ1v) is 6.21. The lowest BCUT2D eigenvalue weighted by atomic mass is 10.3. The average Bonchev–Trinajstić information content (AvgIpc) is 2.47. The van der Waals surface area contributed by atoms with Crippen LogP contribution in [-0.2, 0) is 0 Å². The Kier molecular flexibility index (Phi) is 4.68. The Morgan fingerprint density at radius 1 is 1.23 bits per heavy atom. The van der Waals surface area contributed by atoms with Crippen LogP contribution in [0.15, 0.2) is 36.7 Å². The van der Waals surface area contributed by atoms with Crippen molar-refractivity contribution >= 4 is 29.0 Å². The van der Waals surface area contributed by atoms with Crippen molar-refractivity contribution < 1.29 is 18.3 Å². The number of nitrogens with two attached hydrogens (primary N) is 1. The number of ether oxygens (including phenoxy) is 1. The molecule has 0 fully saturated rings. The first-order chi connectivity index (χ1) is 10.4. The summed E-state index contributed by atoms with van der Waals surface area (Å²) in [5.74, 6) is 4.46. The van der Waals surface area contributed by atoms with Crippen LogP contribution in [0.3, 0.4) is 0 Å². The van der Waals surface area contributed by atoms with Gasteiger partial charge in [0.1, 0.15) is 5.75 Å². The van der Waals surface area contributed by atoms with E-state index in [1.54, 1.807) is 0 Å². The molecule has 0 bridgehead atoms. The zero-order chi connectivity index (χ0) is 16.2. The summed E-state index contributed by atoms with van der Waals surface area (Å²) in [6.45, 7) is 0. The fraction of sp³-hybridized carbons (Fsp3) is 0.0833. The number of hydrogen-bond acceptors (Lipinski definition) is 6. The third-order valence-corrected chi connectivity index (χ3v) is 2.47. The summed E-state index contributed by atoms with van der Waals surface area (Å²) < 4.78 is 29.2. The number of halogens is 3. The number of carbonyl (C=O) groups excluding carboxylic acids is 1. The highest BCUT2D eigenvalue weighted by Crippen LogP contribution is 2.26. The Hall–Kier alpha value is -2.52. The lowest BCUT2D eigenvalue weighted by Gasteiger charge is -2.12. The van der Waals surface area contributed by atoms with Crippen molar-refractivity contribution in [3.63, 3.8) is 0 Å². The summed E-state index contributed by atoms with van der Waals surface area (Å²) >= 11 is 4.66. The fourth-order valence-corrected chi connectivity index (χ4v) is 1.63. The van der Waals surface area contributed by atoms with Crippen molar-refractivity contribution in [2.45, 2.75) is 5.57 Å². The maximum Gasteiger partial charge on any atom is 0.487 e. The number of benzene rings is 1. The molecule has 0 saturated heterocycles. The van der Waals surface area contributed by atoms with Crippen LogP contribution in [0.4, 0.5) is 20.3 Å². The molecule has 2 rings (SSSR count). The molecule has 1 aromatic carbocycles. The number of amides is 1. The fourth-order valence-electron chi connectivity index (χ4n) is 1.54. The number of carbonyl (C=O) groups is 1. The summed E-state index contributed by atoms with van der Waals surface area (Å²) in [5, 5.41) is 2.81. The van der Waals surface area contributed by atoms with Gasteiger partial charge in [-0.15, -0.1) is 8.78 Å². The molecular formula is C12H10ClF2N5O2. The molecule has 1 aromatic heterocycles. The van der Waals surface area contributed by atoms with Crippen LogP contribution in [-0.4, -0.2) is 21.4 Å². The van der Waals surface area contributed by atoms with E-state index in [9.17, 15) is 13.6 Å². The number of alkyl halides is 3. The molecule has 22 heavy (non-hydrogen) atoms. The van der Waals surface area contributed by atoms with Gasteiger partial charge in [-0.2, -0.15) is 0 Å². The van der Waals surface area contributed by atoms with E-state index in [1.807, 2.05) is 5.43 Å². The van der Waals surface area contributed by atoms with Gasteiger partial charge in [0.25, 0.3) is 5.91 Å². The first kappa shape index (κ1) is 15.9. The third kappa shape index (κ3) is 4.24. The SMILES string of the molecule is NNC(=O)c1nccnc1Nc1ccc(OC(F)(F)Cl)cc1. The van der Waals surface area contributed by atoms with Crippen molar-refractivity contribution in [2.75, 3.05) is 5.32 Å². The molecule has 116 valence electrons. The van der Waals surface area contributed by atoms with Crippen LogP contribution in [0.25, 0.3) is 0 Å². The van der Waals surface area contributed by atoms with E-state index in [-0.39, 0.29) is 17.3 Å². The van der Waals surface area contributed by atoms with E-state index in [4.69, 9.17) is 5.84 Å². The molecular weight excluding hydrogens is 320 g/mol. The number of aromatic nitrogens is 2. The number of nitrogen functional groups attached to an aromatic ring is 1. The normalized spacial score (nSPS) is 10.9. The Morgan fingerprint density at radius 3 is 2.45 bits per heavy atom. The molecule has 4 N–H and O–H groups in total. The zero-order valence-corrected chi connectivity index (χ0v) is 11.6. The van der Waals surface area contributed by atoms with Crippen LogP contribution in [0, 0.1) is 0 Å². The van der Waals surface area contributed by atoms with Gasteiger partial charge in [0.2, 0.25) is 0 Å². The molecule has 1 heterocycles. The van der Waals surface area contributed by atoms with Gasteiger partial charge >= 0.3 is 5.57 Å². The summed E-state index contributed by atoms with van der Waals surface area (Å²) in [4.78, 5) is 19.4. The number of hydrogen-bond donors (Lipinski definition) is 3. The second-order valence-corrected chi connectivity index (χ2v) is 4.36. The molecule has 0 atom stereocenters. The molecule has 0 radical (unpaired) electrons. The van der Waals surface area contributed by atoms with Gasteiger partial charge in [-0.3, -0.25) is 10.2 Å². The molecule has 0 spiro atoms. The van der Waals surface area contributed by atoms with Crippen molar-refractivity contribution in [2.24, 2.45) is 5.84 Å². The van der Waals surface area contributed by atoms with Gasteiger partial charge < -0.3 is 10.1 Å². The Balaban J connectivity index is 2.16. The second kappa shape index (κ2) is 6.50. The third-order valence-electron chi connectivity index (χ3n) is 2.40. The highest BCUT2D eigenvalue weighted by Gasteiger charge is 2.27. The van der Waals surface area contributed by atoms with Gasteiger partial charge in [-0.1, -0.05) is 0 Å². The molecule has 2 aromatic rings. The highest BCUT2D eigenvalue weighted by atomic mass is 35.5. The highest BCUT2D eigenvalue weighted by molar-refractivity contribution is 6.20. The number of hydrazine groups is 1. The largest absolute Gasteiger partial charge is 0.487 e. The number of rotatable bonds is 5. The van der Waals surface area contributed by atoms with Gasteiger partial charge in [0.15, 0.2) is 11.5 Å². The minimum Gasteiger partial charge on any atom is -0.420 e. The molecule has 0 unspecified atom stereocenters. The van der Waals surface area contributed by atoms with Crippen LogP contribution >= 0.6 is 11.6 Å². The molecule has 10 heteroatoms. The van der Waals surface area contributed by atoms with E-state index < -0.39 is 11.5 Å². The standard InChI is InChI=1S/C12H10ClF2N5O2/c13-12(14,15)22-8-3-1-7(2-4-8)19-10-9(11(21)20-16)17-5-6-18-10/h1-6H,16H2,(H,18,19)(H,20,21). The van der Waals surface area contributed by atoms with Crippen LogP contribution < -0.4 is 21.3 Å². The maximum absolute atomic E-state index is 12.5. The minimum atomic E-state index is -3.79. The number of nitrogens with one attached hydrogen (secondary N) is 2. The first-order valence-electron chi connectivity index (χ1n) is 5.84. The van der Waals surface area contributed by atoms with E-state index in [0.29, 0.717) is 5.69 Å². The molecule has 1 amide bonds. The molecule has 7 nitrogen and oxygen atoms in total. The minimum absolute atomic E-state index is 0.0161. The van der Waals surface area contributed by atoms with Gasteiger partial charge in [-0.05, 0) is 24.3 Å². The average molecular weight is 330 g/mol. The molecule has 0 aliphatic rings. The van der Waals surface area contributed by atoms with E-state index in [1.165, 1.54) is 36.7 Å². The van der Waals surface area contributed by atoms with Gasteiger partial charge in [0.05, 0.1) is 0 Å². The lowest BCUT2D eigenvalue weighted by Crippen LogP contribution is -2.31. The van der Waals surface area contributed by atoms with Crippen molar-refractivity contribution in [3.05, 3.63) is 42.4 Å². The summed E-state index contributed by atoms with van der Waals surface area (Å²) in [5.41, 5.74) is -1.39. The zero-order valence-electron chi connectivity index (χ0n) is 10.9. The van der Waals surface area contributed by atoms with Crippen molar-refractivity contribution in [1.29, 1.82) is 0 Å². The predicted octanol–water partition coefficient (Wildman–Crippen LogP) is 1.99. The van der Waals surface area contributed by atoms with Gasteiger partial charge in [0, 0.05) is 29.7 Å². The predicted molar refractivity (Wildman–Crippen MR) is 74.8 cm³/mol. The monoisotopic (exact) mass is 329 g/mol. The molecule has 0 saturated carbocycles. The van der Waals surface area contributed by atoms with E-state index in [0.717, 1.165) is 0 Å². The Bertz CT molecular complexity index is 663. The summed E-state index contributed by atoms with van der Waals surface area (Å²) in [7, 11) is 0. The molecule has 0 aliphatic heterocycles. The van der Waals surface area contributed by atoms with Crippen LogP contribution in [0.1, 0.15) is 10.5 Å². The Labute approximate surface area is 128 Å². The number of nitrogens with zero attached hydrogens (tertiary/aromatic N) is 2. The summed E-state index contributed by atoms with van der Waals surface area (Å²) in [6.07, 6.45) is 2.70. The van der Waals surface area contributed by atoms with Crippen molar-refractivity contribution in [3.8, 4) is 5.75 Å². The van der Waals surface area contributed by atoms with Crippen LogP contribution in [0.5, 0.6) is 5.75 Å². The topological polar surface area (TPSA) is 102 Å². The Morgan fingerprint density at radius 2 is 1.86 bits per heavy atom. The second-order valence-electron chi connectivity index (χ2n) is 3.92. The smallest absolute Gasteiger partial charge is 0.420 e. The van der Waals surface area contributed by atoms with Crippen molar-refractivity contribution in [1.82, 2.24) is 15.4 Å². The molecule has 0 aliphatic carbocycles. The quantitative estimate of drug-likeness (QED) is 0.335. The number of anilines is 2. The maximum atomic E-state index is 12.5. The van der Waals surface area contributed by atoms with Gasteiger partial charge in [-0.25, -0.2) is 15.8 Å². The van der Waals surface area contributed by atoms with E-state index >= 15 is 0 Å². The lowest BCUT2D eigenvalue weighted by molar-refractivity contribution is -0.0964.